The van der Waals surface area contributed by atoms with Crippen LogP contribution < -0.4 is 0 Å². The van der Waals surface area contributed by atoms with E-state index in [0.29, 0.717) is 0 Å². The summed E-state index contributed by atoms with van der Waals surface area (Å²) in [4.78, 5) is 4.70. The fourth-order valence-electron chi connectivity index (χ4n) is 2.40. The van der Waals surface area contributed by atoms with Crippen molar-refractivity contribution < 1.29 is 0 Å². The van der Waals surface area contributed by atoms with Gasteiger partial charge in [-0.25, -0.2) is 0 Å². The molecule has 0 aliphatic carbocycles. The zero-order chi connectivity index (χ0) is 12.5. The highest BCUT2D eigenvalue weighted by Crippen LogP contribution is 2.13. The van der Waals surface area contributed by atoms with E-state index in [1.54, 1.807) is 0 Å². The lowest BCUT2D eigenvalue weighted by molar-refractivity contribution is 0.127. The summed E-state index contributed by atoms with van der Waals surface area (Å²) >= 11 is 0. The predicted octanol–water partition coefficient (Wildman–Crippen LogP) is 2.49. The predicted molar refractivity (Wildman–Crippen MR) is 71.8 cm³/mol. The van der Waals surface area contributed by atoms with Crippen LogP contribution in [0, 0.1) is 11.3 Å². The number of nitriles is 1. The van der Waals surface area contributed by atoms with Crippen molar-refractivity contribution >= 4 is 0 Å². The molecule has 0 aromatic carbocycles. The summed E-state index contributed by atoms with van der Waals surface area (Å²) in [6, 6.07) is 2.64. The highest BCUT2D eigenvalue weighted by Gasteiger charge is 2.21. The molecule has 0 bridgehead atoms. The third-order valence-corrected chi connectivity index (χ3v) is 3.71. The number of nitrogens with zero attached hydrogens (tertiary/aromatic N) is 3. The van der Waals surface area contributed by atoms with Crippen LogP contribution in [-0.4, -0.2) is 49.1 Å². The van der Waals surface area contributed by atoms with E-state index in [0.717, 1.165) is 32.6 Å². The van der Waals surface area contributed by atoms with Gasteiger partial charge in [-0.1, -0.05) is 39.0 Å². The number of likely N-dealkylation sites (N-methyl/N-ethyl adjacent to an activating group) is 1. The number of unbranched alkanes of at least 4 members (excludes halogenated alkanes) is 4. The van der Waals surface area contributed by atoms with Gasteiger partial charge in [0.1, 0.15) is 0 Å². The van der Waals surface area contributed by atoms with Crippen LogP contribution in [0.1, 0.15) is 45.4 Å². The van der Waals surface area contributed by atoms with Crippen LogP contribution in [0.15, 0.2) is 0 Å². The Morgan fingerprint density at radius 1 is 1.06 bits per heavy atom. The van der Waals surface area contributed by atoms with Crippen LogP contribution in [-0.2, 0) is 0 Å². The van der Waals surface area contributed by atoms with E-state index in [9.17, 15) is 5.26 Å². The molecule has 1 atom stereocenters. The molecule has 1 unspecified atom stereocenters. The molecule has 1 rings (SSSR count). The molecule has 98 valence electrons. The zero-order valence-corrected chi connectivity index (χ0v) is 11.5. The smallest absolute Gasteiger partial charge is 0.0978 e. The molecule has 0 N–H and O–H groups in total. The van der Waals surface area contributed by atoms with Crippen LogP contribution >= 0.6 is 0 Å². The molecule has 1 heterocycles. The van der Waals surface area contributed by atoms with Crippen molar-refractivity contribution in [1.29, 1.82) is 5.26 Å². The Balaban J connectivity index is 2.17. The number of rotatable bonds is 7. The summed E-state index contributed by atoms with van der Waals surface area (Å²) in [5.74, 6) is 0. The van der Waals surface area contributed by atoms with Gasteiger partial charge in [0, 0.05) is 26.2 Å². The Hall–Kier alpha value is -0.590. The molecule has 3 heteroatoms. The van der Waals surface area contributed by atoms with E-state index in [4.69, 9.17) is 0 Å². The molecule has 3 nitrogen and oxygen atoms in total. The van der Waals surface area contributed by atoms with Gasteiger partial charge in [-0.15, -0.1) is 0 Å². The van der Waals surface area contributed by atoms with Gasteiger partial charge >= 0.3 is 0 Å². The van der Waals surface area contributed by atoms with Gasteiger partial charge in [0.15, 0.2) is 0 Å². The molecule has 0 aromatic heterocycles. The average Bonchev–Trinajstić information content (AvgIpc) is 2.35. The molecule has 1 saturated heterocycles. The molecular weight excluding hydrogens is 210 g/mol. The van der Waals surface area contributed by atoms with Crippen molar-refractivity contribution in [3.05, 3.63) is 0 Å². The van der Waals surface area contributed by atoms with Gasteiger partial charge in [0.25, 0.3) is 0 Å². The normalized spacial score (nSPS) is 20.1. The lowest BCUT2D eigenvalue weighted by atomic mass is 10.1. The fourth-order valence-corrected chi connectivity index (χ4v) is 2.40. The first-order chi connectivity index (χ1) is 8.27. The second-order valence-corrected chi connectivity index (χ2v) is 5.19. The lowest BCUT2D eigenvalue weighted by Gasteiger charge is -2.35. The van der Waals surface area contributed by atoms with E-state index in [-0.39, 0.29) is 6.04 Å². The minimum absolute atomic E-state index is 0.158. The first kappa shape index (κ1) is 14.5. The van der Waals surface area contributed by atoms with E-state index in [1.165, 1.54) is 32.1 Å². The quantitative estimate of drug-likeness (QED) is 0.637. The largest absolute Gasteiger partial charge is 0.304 e. The maximum Gasteiger partial charge on any atom is 0.0978 e. The number of hydrogen-bond donors (Lipinski definition) is 0. The van der Waals surface area contributed by atoms with Crippen molar-refractivity contribution in [2.45, 2.75) is 51.5 Å². The monoisotopic (exact) mass is 237 g/mol. The summed E-state index contributed by atoms with van der Waals surface area (Å²) in [6.07, 6.45) is 7.53. The molecule has 0 amide bonds. The Labute approximate surface area is 106 Å². The highest BCUT2D eigenvalue weighted by molar-refractivity contribution is 4.93. The fraction of sp³-hybridized carbons (Fsp3) is 0.929. The van der Waals surface area contributed by atoms with Crippen molar-refractivity contribution in [3.8, 4) is 6.07 Å². The van der Waals surface area contributed by atoms with Gasteiger partial charge in [-0.05, 0) is 13.5 Å². The first-order valence-electron chi connectivity index (χ1n) is 7.10. The average molecular weight is 237 g/mol. The van der Waals surface area contributed by atoms with Crippen LogP contribution in [0.3, 0.4) is 0 Å². The van der Waals surface area contributed by atoms with Crippen LogP contribution in [0.5, 0.6) is 0 Å². The van der Waals surface area contributed by atoms with Crippen molar-refractivity contribution in [3.63, 3.8) is 0 Å². The standard InChI is InChI=1S/C14H27N3/c1-3-4-5-6-7-8-14(13-15)17-11-9-16(2)10-12-17/h14H,3-12H2,1-2H3. The summed E-state index contributed by atoms with van der Waals surface area (Å²) in [5, 5.41) is 9.24. The lowest BCUT2D eigenvalue weighted by Crippen LogP contribution is -2.48. The SMILES string of the molecule is CCCCCCCC(C#N)N1CCN(C)CC1. The van der Waals surface area contributed by atoms with Crippen molar-refractivity contribution in [2.24, 2.45) is 0 Å². The Morgan fingerprint density at radius 3 is 2.29 bits per heavy atom. The molecule has 1 fully saturated rings. The third-order valence-electron chi connectivity index (χ3n) is 3.71. The van der Waals surface area contributed by atoms with Gasteiger partial charge in [0.2, 0.25) is 0 Å². The Kier molecular flexibility index (Phi) is 7.23. The molecular formula is C14H27N3. The van der Waals surface area contributed by atoms with Crippen molar-refractivity contribution in [1.82, 2.24) is 9.80 Å². The maximum absolute atomic E-state index is 9.24. The van der Waals surface area contributed by atoms with Crippen LogP contribution in [0.2, 0.25) is 0 Å². The van der Waals surface area contributed by atoms with E-state index >= 15 is 0 Å². The molecule has 1 aliphatic rings. The van der Waals surface area contributed by atoms with Gasteiger partial charge < -0.3 is 4.90 Å². The Bertz CT molecular complexity index is 226. The van der Waals surface area contributed by atoms with Gasteiger partial charge in [0.05, 0.1) is 12.1 Å². The molecule has 1 aliphatic heterocycles. The number of piperazine rings is 1. The molecule has 0 radical (unpaired) electrons. The van der Waals surface area contributed by atoms with Gasteiger partial charge in [-0.3, -0.25) is 4.90 Å². The molecule has 17 heavy (non-hydrogen) atoms. The van der Waals surface area contributed by atoms with E-state index < -0.39 is 0 Å². The van der Waals surface area contributed by atoms with E-state index in [1.807, 2.05) is 0 Å². The molecule has 0 aromatic rings. The number of hydrogen-bond acceptors (Lipinski definition) is 3. The summed E-state index contributed by atoms with van der Waals surface area (Å²) < 4.78 is 0. The minimum atomic E-state index is 0.158. The van der Waals surface area contributed by atoms with Crippen LogP contribution in [0.25, 0.3) is 0 Å². The molecule has 0 spiro atoms. The molecule has 0 saturated carbocycles. The van der Waals surface area contributed by atoms with Crippen molar-refractivity contribution in [2.75, 3.05) is 33.2 Å². The second kappa shape index (κ2) is 8.49. The minimum Gasteiger partial charge on any atom is -0.304 e. The third kappa shape index (κ3) is 5.52. The first-order valence-corrected chi connectivity index (χ1v) is 7.10. The Morgan fingerprint density at radius 2 is 1.71 bits per heavy atom. The highest BCUT2D eigenvalue weighted by atomic mass is 15.3. The topological polar surface area (TPSA) is 30.3 Å². The second-order valence-electron chi connectivity index (χ2n) is 5.19. The maximum atomic E-state index is 9.24. The van der Waals surface area contributed by atoms with Crippen LogP contribution in [0.4, 0.5) is 0 Å². The summed E-state index contributed by atoms with van der Waals surface area (Å²) in [6.45, 7) is 6.57. The zero-order valence-electron chi connectivity index (χ0n) is 11.5. The van der Waals surface area contributed by atoms with E-state index in [2.05, 4.69) is 29.8 Å². The summed E-state index contributed by atoms with van der Waals surface area (Å²) in [5.41, 5.74) is 0. The summed E-state index contributed by atoms with van der Waals surface area (Å²) in [7, 11) is 2.16. The van der Waals surface area contributed by atoms with Gasteiger partial charge in [-0.2, -0.15) is 5.26 Å².